The van der Waals surface area contributed by atoms with Crippen LogP contribution < -0.4 is 5.32 Å². The van der Waals surface area contributed by atoms with Crippen LogP contribution >= 0.6 is 11.3 Å². The maximum absolute atomic E-state index is 12.2. The Morgan fingerprint density at radius 1 is 1.25 bits per heavy atom. The third kappa shape index (κ3) is 3.64. The average Bonchev–Trinajstić information content (AvgIpc) is 2.81. The van der Waals surface area contributed by atoms with Crippen LogP contribution in [0, 0.1) is 12.8 Å². The van der Waals surface area contributed by atoms with Gasteiger partial charge in [0, 0.05) is 0 Å². The second-order valence-electron chi connectivity index (χ2n) is 6.12. The predicted octanol–water partition coefficient (Wildman–Crippen LogP) is 3.09. The average molecular weight is 351 g/mol. The van der Waals surface area contributed by atoms with Gasteiger partial charge < -0.3 is 15.2 Å². The van der Waals surface area contributed by atoms with E-state index in [4.69, 9.17) is 4.74 Å². The first-order valence-corrected chi connectivity index (χ1v) is 8.48. The van der Waals surface area contributed by atoms with Crippen LogP contribution in [0.2, 0.25) is 0 Å². The van der Waals surface area contributed by atoms with Crippen molar-refractivity contribution in [3.05, 3.63) is 16.8 Å². The van der Waals surface area contributed by atoms with E-state index in [1.807, 2.05) is 13.8 Å². The summed E-state index contributed by atoms with van der Waals surface area (Å²) in [5.41, 5.74) is 0.691. The van der Waals surface area contributed by atoms with E-state index in [0.29, 0.717) is 26.5 Å². The number of nitrogens with zero attached hydrogens (tertiary/aromatic N) is 2. The smallest absolute Gasteiger partial charge is 0.348 e. The van der Waals surface area contributed by atoms with Crippen LogP contribution in [0.15, 0.2) is 6.33 Å². The number of thiophene rings is 1. The summed E-state index contributed by atoms with van der Waals surface area (Å²) in [6, 6.07) is -0.784. The molecule has 2 N–H and O–H groups in total. The normalized spacial score (nSPS) is 12.6. The lowest BCUT2D eigenvalue weighted by molar-refractivity contribution is -0.138. The van der Waals surface area contributed by atoms with Crippen molar-refractivity contribution < 1.29 is 19.4 Å². The van der Waals surface area contributed by atoms with Gasteiger partial charge >= 0.3 is 11.9 Å². The van der Waals surface area contributed by atoms with Gasteiger partial charge in [0.2, 0.25) is 0 Å². The summed E-state index contributed by atoms with van der Waals surface area (Å²) >= 11 is 1.22. The number of hydrogen-bond donors (Lipinski definition) is 2. The van der Waals surface area contributed by atoms with Crippen LogP contribution in [-0.4, -0.2) is 39.2 Å². The number of carbonyl (C=O) groups excluding carboxylic acids is 1. The Morgan fingerprint density at radius 3 is 2.46 bits per heavy atom. The fourth-order valence-corrected chi connectivity index (χ4v) is 3.34. The number of anilines is 1. The van der Waals surface area contributed by atoms with Crippen molar-refractivity contribution in [2.24, 2.45) is 5.92 Å². The molecule has 0 radical (unpaired) electrons. The van der Waals surface area contributed by atoms with Crippen LogP contribution in [0.25, 0.3) is 10.2 Å². The molecular weight excluding hydrogens is 330 g/mol. The molecule has 8 heteroatoms. The summed E-state index contributed by atoms with van der Waals surface area (Å²) in [6.45, 7) is 8.99. The van der Waals surface area contributed by atoms with Crippen LogP contribution in [-0.2, 0) is 9.53 Å². The molecule has 0 saturated carbocycles. The minimum Gasteiger partial charge on any atom is -0.480 e. The number of carbonyl (C=O) groups is 2. The van der Waals surface area contributed by atoms with Crippen LogP contribution in [0.5, 0.6) is 0 Å². The van der Waals surface area contributed by atoms with Gasteiger partial charge in [-0.2, -0.15) is 0 Å². The Balaban J connectivity index is 2.48. The number of aryl methyl sites for hydroxylation is 1. The molecule has 0 spiro atoms. The van der Waals surface area contributed by atoms with Gasteiger partial charge in [0.15, 0.2) is 0 Å². The van der Waals surface area contributed by atoms with Crippen molar-refractivity contribution in [1.29, 1.82) is 0 Å². The molecule has 130 valence electrons. The highest BCUT2D eigenvalue weighted by Crippen LogP contribution is 2.34. The standard InChI is InChI=1S/C16H21N3O4S/c1-7(2)11(15(20)21)19-13-10-9(5)12(16(22)23-8(3)4)24-14(10)18-6-17-13/h6-8,11H,1-5H3,(H,20,21)(H,17,18,19). The largest absolute Gasteiger partial charge is 0.480 e. The molecule has 0 aliphatic rings. The summed E-state index contributed by atoms with van der Waals surface area (Å²) in [7, 11) is 0. The third-order valence-electron chi connectivity index (χ3n) is 3.48. The molecular formula is C16H21N3O4S. The third-order valence-corrected chi connectivity index (χ3v) is 4.66. The maximum Gasteiger partial charge on any atom is 0.348 e. The highest BCUT2D eigenvalue weighted by Gasteiger charge is 2.25. The highest BCUT2D eigenvalue weighted by atomic mass is 32.1. The Morgan fingerprint density at radius 2 is 1.92 bits per heavy atom. The van der Waals surface area contributed by atoms with Crippen LogP contribution in [0.3, 0.4) is 0 Å². The van der Waals surface area contributed by atoms with Gasteiger partial charge in [0.1, 0.15) is 27.9 Å². The summed E-state index contributed by atoms with van der Waals surface area (Å²) in [6.07, 6.45) is 1.14. The van der Waals surface area contributed by atoms with Crippen LogP contribution in [0.1, 0.15) is 42.9 Å². The Labute approximate surface area is 144 Å². The molecule has 2 rings (SSSR count). The number of aliphatic carboxylic acids is 1. The lowest BCUT2D eigenvalue weighted by Crippen LogP contribution is -2.34. The van der Waals surface area contributed by atoms with Crippen molar-refractivity contribution in [2.75, 3.05) is 5.32 Å². The fraction of sp³-hybridized carbons (Fsp3) is 0.500. The van der Waals surface area contributed by atoms with E-state index in [1.54, 1.807) is 20.8 Å². The molecule has 2 aromatic heterocycles. The van der Waals surface area contributed by atoms with Gasteiger partial charge in [-0.1, -0.05) is 13.8 Å². The van der Waals surface area contributed by atoms with Gasteiger partial charge in [-0.15, -0.1) is 11.3 Å². The SMILES string of the molecule is Cc1c(C(=O)OC(C)C)sc2ncnc(NC(C(=O)O)C(C)C)c12. The Bertz CT molecular complexity index is 770. The predicted molar refractivity (Wildman–Crippen MR) is 92.6 cm³/mol. The number of aromatic nitrogens is 2. The first-order chi connectivity index (χ1) is 11.2. The van der Waals surface area contributed by atoms with Crippen molar-refractivity contribution in [2.45, 2.75) is 46.8 Å². The molecule has 2 aromatic rings. The first kappa shape index (κ1) is 18.1. The lowest BCUT2D eigenvalue weighted by Gasteiger charge is -2.19. The second kappa shape index (κ2) is 7.12. The molecule has 0 aliphatic heterocycles. The number of fused-ring (bicyclic) bond motifs is 1. The topological polar surface area (TPSA) is 101 Å². The number of rotatable bonds is 6. The minimum atomic E-state index is -0.955. The molecule has 24 heavy (non-hydrogen) atoms. The summed E-state index contributed by atoms with van der Waals surface area (Å²) in [5, 5.41) is 13.0. The Kier molecular flexibility index (Phi) is 5.38. The molecule has 1 atom stereocenters. The van der Waals surface area contributed by atoms with Crippen LogP contribution in [0.4, 0.5) is 5.82 Å². The number of hydrogen-bond acceptors (Lipinski definition) is 7. The number of carboxylic acids is 1. The number of ether oxygens (including phenoxy) is 1. The maximum atomic E-state index is 12.2. The summed E-state index contributed by atoms with van der Waals surface area (Å²) in [4.78, 5) is 33.1. The zero-order chi connectivity index (χ0) is 18.0. The molecule has 0 saturated heterocycles. The number of carboxylic acid groups (broad SMARTS) is 1. The monoisotopic (exact) mass is 351 g/mol. The molecule has 0 aliphatic carbocycles. The molecule has 2 heterocycles. The number of nitrogens with one attached hydrogen (secondary N) is 1. The van der Waals surface area contributed by atoms with E-state index < -0.39 is 18.0 Å². The second-order valence-corrected chi connectivity index (χ2v) is 7.12. The number of esters is 1. The van der Waals surface area contributed by atoms with Crippen molar-refractivity contribution in [1.82, 2.24) is 9.97 Å². The van der Waals surface area contributed by atoms with Crippen molar-refractivity contribution in [3.63, 3.8) is 0 Å². The van der Waals surface area contributed by atoms with E-state index in [9.17, 15) is 14.7 Å². The summed E-state index contributed by atoms with van der Waals surface area (Å²) in [5.74, 6) is -1.07. The molecule has 0 bridgehead atoms. The first-order valence-electron chi connectivity index (χ1n) is 7.66. The molecule has 0 aromatic carbocycles. The molecule has 0 fully saturated rings. The lowest BCUT2D eigenvalue weighted by atomic mass is 10.0. The van der Waals surface area contributed by atoms with E-state index >= 15 is 0 Å². The highest BCUT2D eigenvalue weighted by molar-refractivity contribution is 7.20. The van der Waals surface area contributed by atoms with E-state index in [1.165, 1.54) is 17.7 Å². The molecule has 7 nitrogen and oxygen atoms in total. The van der Waals surface area contributed by atoms with Crippen molar-refractivity contribution >= 4 is 39.3 Å². The molecule has 1 unspecified atom stereocenters. The van der Waals surface area contributed by atoms with E-state index in [-0.39, 0.29) is 12.0 Å². The zero-order valence-corrected chi connectivity index (χ0v) is 15.1. The zero-order valence-electron chi connectivity index (χ0n) is 14.3. The quantitative estimate of drug-likeness (QED) is 0.771. The fourth-order valence-electron chi connectivity index (χ4n) is 2.30. The van der Waals surface area contributed by atoms with Gasteiger partial charge in [0.05, 0.1) is 11.5 Å². The van der Waals surface area contributed by atoms with Gasteiger partial charge in [-0.25, -0.2) is 19.6 Å². The van der Waals surface area contributed by atoms with Crippen molar-refractivity contribution in [3.8, 4) is 0 Å². The Hall–Kier alpha value is -2.22. The van der Waals surface area contributed by atoms with E-state index in [0.717, 1.165) is 0 Å². The van der Waals surface area contributed by atoms with Gasteiger partial charge in [-0.3, -0.25) is 0 Å². The molecule has 0 amide bonds. The van der Waals surface area contributed by atoms with E-state index in [2.05, 4.69) is 15.3 Å². The van der Waals surface area contributed by atoms with Gasteiger partial charge in [-0.05, 0) is 32.3 Å². The summed E-state index contributed by atoms with van der Waals surface area (Å²) < 4.78 is 5.25. The minimum absolute atomic E-state index is 0.128. The van der Waals surface area contributed by atoms with Gasteiger partial charge in [0.25, 0.3) is 0 Å².